The summed E-state index contributed by atoms with van der Waals surface area (Å²) in [4.78, 5) is 0. The third-order valence-corrected chi connectivity index (χ3v) is 1.70. The van der Waals surface area contributed by atoms with Crippen molar-refractivity contribution in [1.82, 2.24) is 0 Å². The summed E-state index contributed by atoms with van der Waals surface area (Å²) in [5.41, 5.74) is -0.153. The van der Waals surface area contributed by atoms with E-state index in [1.165, 1.54) is 13.0 Å². The van der Waals surface area contributed by atoms with E-state index in [1.54, 1.807) is 12.2 Å². The van der Waals surface area contributed by atoms with Gasteiger partial charge >= 0.3 is 6.18 Å². The minimum Gasteiger partial charge on any atom is -0.166 e. The Morgan fingerprint density at radius 3 is 2.21 bits per heavy atom. The normalized spacial score (nSPS) is 16.1. The molecule has 1 aliphatic carbocycles. The molecule has 0 aromatic heterocycles. The summed E-state index contributed by atoms with van der Waals surface area (Å²) in [7, 11) is 0. The molecule has 0 saturated heterocycles. The van der Waals surface area contributed by atoms with Gasteiger partial charge in [-0.2, -0.15) is 13.2 Å². The van der Waals surface area contributed by atoms with Crippen LogP contribution in [0.1, 0.15) is 27.2 Å². The number of alkyl halides is 3. The van der Waals surface area contributed by atoms with Crippen LogP contribution in [-0.4, -0.2) is 6.18 Å². The van der Waals surface area contributed by atoms with Gasteiger partial charge in [0, 0.05) is 0 Å². The summed E-state index contributed by atoms with van der Waals surface area (Å²) >= 11 is 0. The summed E-state index contributed by atoms with van der Waals surface area (Å²) < 4.78 is 36.7. The molecule has 80 valence electrons. The molecule has 1 aliphatic rings. The second-order valence-corrected chi connectivity index (χ2v) is 2.68. The molecule has 0 saturated carbocycles. The lowest BCUT2D eigenvalue weighted by atomic mass is 10.1. The van der Waals surface area contributed by atoms with Gasteiger partial charge in [0.05, 0.1) is 5.57 Å². The molecule has 0 aromatic carbocycles. The van der Waals surface area contributed by atoms with Crippen molar-refractivity contribution >= 4 is 0 Å². The number of rotatable bonds is 0. The molecule has 0 amide bonds. The maximum atomic E-state index is 12.2. The van der Waals surface area contributed by atoms with Crippen LogP contribution in [0.25, 0.3) is 0 Å². The number of hydrogen-bond acceptors (Lipinski definition) is 0. The van der Waals surface area contributed by atoms with E-state index in [9.17, 15) is 13.2 Å². The fourth-order valence-corrected chi connectivity index (χ4v) is 1.06. The summed E-state index contributed by atoms with van der Waals surface area (Å²) in [6.45, 7) is 5.50. The molecule has 0 aromatic rings. The van der Waals surface area contributed by atoms with Crippen LogP contribution in [0.4, 0.5) is 13.2 Å². The highest BCUT2D eigenvalue weighted by atomic mass is 19.4. The molecule has 14 heavy (non-hydrogen) atoms. The predicted molar refractivity (Wildman–Crippen MR) is 53.0 cm³/mol. The Kier molecular flexibility index (Phi) is 5.28. The third kappa shape index (κ3) is 3.81. The molecule has 0 spiro atoms. The monoisotopic (exact) mass is 204 g/mol. The minimum absolute atomic E-state index is 0.368. The zero-order valence-corrected chi connectivity index (χ0v) is 8.65. The summed E-state index contributed by atoms with van der Waals surface area (Å²) in [5, 5.41) is 0. The number of allylic oxidation sites excluding steroid dienone is 6. The third-order valence-electron chi connectivity index (χ3n) is 1.70. The summed E-state index contributed by atoms with van der Waals surface area (Å²) in [6, 6.07) is 0. The average molecular weight is 204 g/mol. The van der Waals surface area contributed by atoms with Gasteiger partial charge in [0.1, 0.15) is 0 Å². The van der Waals surface area contributed by atoms with Crippen molar-refractivity contribution in [3.63, 3.8) is 0 Å². The van der Waals surface area contributed by atoms with Gasteiger partial charge in [-0.1, -0.05) is 43.7 Å². The van der Waals surface area contributed by atoms with Gasteiger partial charge in [-0.15, -0.1) is 0 Å². The van der Waals surface area contributed by atoms with Crippen LogP contribution < -0.4 is 0 Å². The lowest BCUT2D eigenvalue weighted by Gasteiger charge is -2.09. The van der Waals surface area contributed by atoms with Crippen molar-refractivity contribution < 1.29 is 13.2 Å². The van der Waals surface area contributed by atoms with Crippen LogP contribution in [0.5, 0.6) is 0 Å². The number of halogens is 3. The van der Waals surface area contributed by atoms with Crippen molar-refractivity contribution in [2.45, 2.75) is 33.4 Å². The zero-order valence-electron chi connectivity index (χ0n) is 8.65. The van der Waals surface area contributed by atoms with Crippen LogP contribution in [0.15, 0.2) is 35.5 Å². The van der Waals surface area contributed by atoms with E-state index in [-0.39, 0.29) is 0 Å². The highest BCUT2D eigenvalue weighted by Gasteiger charge is 2.33. The number of hydrogen-bond donors (Lipinski definition) is 0. The summed E-state index contributed by atoms with van der Waals surface area (Å²) in [5.74, 6) is 0. The average Bonchev–Trinajstić information content (AvgIpc) is 2.32. The smallest absolute Gasteiger partial charge is 0.166 e. The van der Waals surface area contributed by atoms with Gasteiger partial charge in [0.2, 0.25) is 0 Å². The second kappa shape index (κ2) is 5.68. The first-order valence-corrected chi connectivity index (χ1v) is 4.62. The van der Waals surface area contributed by atoms with Crippen LogP contribution in [0.2, 0.25) is 0 Å². The van der Waals surface area contributed by atoms with E-state index in [0.29, 0.717) is 12.0 Å². The lowest BCUT2D eigenvalue weighted by molar-refractivity contribution is -0.0890. The quantitative estimate of drug-likeness (QED) is 0.548. The van der Waals surface area contributed by atoms with Crippen LogP contribution in [0, 0.1) is 0 Å². The Bertz CT molecular complexity index is 254. The fraction of sp³-hybridized carbons (Fsp3) is 0.455. The minimum atomic E-state index is -4.22. The van der Waals surface area contributed by atoms with Crippen LogP contribution in [-0.2, 0) is 0 Å². The van der Waals surface area contributed by atoms with Crippen molar-refractivity contribution in [2.75, 3.05) is 0 Å². The first-order valence-electron chi connectivity index (χ1n) is 4.62. The predicted octanol–water partition coefficient (Wildman–Crippen LogP) is 4.41. The second-order valence-electron chi connectivity index (χ2n) is 2.68. The molecule has 1 rings (SSSR count). The van der Waals surface area contributed by atoms with Crippen molar-refractivity contribution in [1.29, 1.82) is 0 Å². The van der Waals surface area contributed by atoms with Crippen molar-refractivity contribution in [3.05, 3.63) is 35.5 Å². The van der Waals surface area contributed by atoms with Gasteiger partial charge in [0.15, 0.2) is 0 Å². The molecule has 0 fully saturated rings. The first kappa shape index (κ1) is 13.0. The molecule has 0 unspecified atom stereocenters. The van der Waals surface area contributed by atoms with Gasteiger partial charge in [-0.25, -0.2) is 0 Å². The molecule has 0 N–H and O–H groups in total. The Hall–Kier alpha value is -0.990. The Morgan fingerprint density at radius 2 is 1.71 bits per heavy atom. The molecule has 0 bridgehead atoms. The Balaban J connectivity index is 0.000000791. The molecular weight excluding hydrogens is 189 g/mol. The zero-order chi connectivity index (χ0) is 11.2. The highest BCUT2D eigenvalue weighted by molar-refractivity contribution is 5.34. The highest BCUT2D eigenvalue weighted by Crippen LogP contribution is 2.31. The molecule has 3 heteroatoms. The first-order chi connectivity index (χ1) is 6.52. The van der Waals surface area contributed by atoms with Crippen LogP contribution >= 0.6 is 0 Å². The van der Waals surface area contributed by atoms with Gasteiger partial charge < -0.3 is 0 Å². The van der Waals surface area contributed by atoms with Gasteiger partial charge in [-0.05, 0) is 13.3 Å². The SMILES string of the molecule is CC.CC1=C(C(F)(F)F)C=CC=CC1. The van der Waals surface area contributed by atoms with Crippen LogP contribution in [0.3, 0.4) is 0 Å². The largest absolute Gasteiger partial charge is 0.416 e. The topological polar surface area (TPSA) is 0 Å². The van der Waals surface area contributed by atoms with E-state index in [0.717, 1.165) is 6.08 Å². The molecular formula is C11H15F3. The van der Waals surface area contributed by atoms with E-state index >= 15 is 0 Å². The van der Waals surface area contributed by atoms with E-state index in [2.05, 4.69) is 0 Å². The van der Waals surface area contributed by atoms with Gasteiger partial charge in [0.25, 0.3) is 0 Å². The fourth-order valence-electron chi connectivity index (χ4n) is 1.06. The maximum Gasteiger partial charge on any atom is 0.416 e. The molecule has 0 radical (unpaired) electrons. The van der Waals surface area contributed by atoms with E-state index < -0.39 is 11.7 Å². The van der Waals surface area contributed by atoms with Crippen molar-refractivity contribution in [2.24, 2.45) is 0 Å². The lowest BCUT2D eigenvalue weighted by Crippen LogP contribution is -2.11. The van der Waals surface area contributed by atoms with Gasteiger partial charge in [-0.3, -0.25) is 0 Å². The van der Waals surface area contributed by atoms with E-state index in [4.69, 9.17) is 0 Å². The Labute approximate surface area is 82.8 Å². The molecule has 0 atom stereocenters. The molecule has 0 nitrogen and oxygen atoms in total. The summed E-state index contributed by atoms with van der Waals surface area (Å²) in [6.07, 6.45) is 2.03. The maximum absolute atomic E-state index is 12.2. The molecule has 0 aliphatic heterocycles. The standard InChI is InChI=1S/C9H9F3.C2H6/c1-7-5-3-2-4-6-8(7)9(10,11)12;1-2/h2-4,6H,5H2,1H3;1-2H3. The Morgan fingerprint density at radius 1 is 1.14 bits per heavy atom. The van der Waals surface area contributed by atoms with E-state index in [1.807, 2.05) is 13.8 Å². The molecule has 0 heterocycles. The van der Waals surface area contributed by atoms with Crippen molar-refractivity contribution in [3.8, 4) is 0 Å².